The highest BCUT2D eigenvalue weighted by Crippen LogP contribution is 2.20. The van der Waals surface area contributed by atoms with Gasteiger partial charge in [0.15, 0.2) is 0 Å². The molecule has 1 unspecified atom stereocenters. The first kappa shape index (κ1) is 17.4. The van der Waals surface area contributed by atoms with E-state index in [0.29, 0.717) is 18.4 Å². The molecular formula is C16H22N4O2S. The number of benzene rings is 1. The lowest BCUT2D eigenvalue weighted by Gasteiger charge is -2.11. The first-order valence-corrected chi connectivity index (χ1v) is 9.11. The normalized spacial score (nSPS) is 12.8. The third-order valence-corrected chi connectivity index (χ3v) is 5.11. The molecule has 0 radical (unpaired) electrons. The summed E-state index contributed by atoms with van der Waals surface area (Å²) in [6.07, 6.45) is 4.27. The Hall–Kier alpha value is -1.99. The van der Waals surface area contributed by atoms with Crippen molar-refractivity contribution in [3.8, 4) is 0 Å². The summed E-state index contributed by atoms with van der Waals surface area (Å²) in [5.74, 6) is 0.902. The van der Waals surface area contributed by atoms with Crippen LogP contribution in [0.1, 0.15) is 31.7 Å². The molecule has 0 saturated heterocycles. The lowest BCUT2D eigenvalue weighted by Crippen LogP contribution is -2.29. The van der Waals surface area contributed by atoms with Crippen LogP contribution in [0.5, 0.6) is 0 Å². The number of rotatable bonds is 8. The number of anilines is 1. The van der Waals surface area contributed by atoms with Crippen LogP contribution in [0.25, 0.3) is 0 Å². The second-order valence-electron chi connectivity index (χ2n) is 5.28. The predicted molar refractivity (Wildman–Crippen MR) is 90.9 cm³/mol. The standard InChI is InChI=1S/C16H22N4O2S/c1-3-13(2)14-5-7-15(8-6-14)23(21,22)20-12-11-19-16-17-9-4-10-18-16/h4-10,13,20H,3,11-12H2,1-2H3,(H,17,18,19). The minimum Gasteiger partial charge on any atom is -0.353 e. The molecule has 1 aromatic heterocycles. The Morgan fingerprint density at radius 3 is 2.35 bits per heavy atom. The van der Waals surface area contributed by atoms with Gasteiger partial charge in [0.2, 0.25) is 16.0 Å². The molecule has 1 heterocycles. The van der Waals surface area contributed by atoms with Crippen molar-refractivity contribution in [3.05, 3.63) is 48.3 Å². The van der Waals surface area contributed by atoms with Gasteiger partial charge in [-0.3, -0.25) is 0 Å². The van der Waals surface area contributed by atoms with E-state index in [1.807, 2.05) is 12.1 Å². The average Bonchev–Trinajstić information content (AvgIpc) is 2.59. The summed E-state index contributed by atoms with van der Waals surface area (Å²) in [5, 5.41) is 2.95. The molecule has 2 aromatic rings. The maximum Gasteiger partial charge on any atom is 0.240 e. The molecule has 124 valence electrons. The van der Waals surface area contributed by atoms with Crippen LogP contribution in [0, 0.1) is 0 Å². The van der Waals surface area contributed by atoms with Crippen molar-refractivity contribution in [3.63, 3.8) is 0 Å². The highest BCUT2D eigenvalue weighted by Gasteiger charge is 2.13. The molecule has 0 fully saturated rings. The van der Waals surface area contributed by atoms with E-state index < -0.39 is 10.0 Å². The molecule has 0 aliphatic rings. The van der Waals surface area contributed by atoms with Crippen LogP contribution in [-0.2, 0) is 10.0 Å². The van der Waals surface area contributed by atoms with Gasteiger partial charge in [0, 0.05) is 25.5 Å². The Labute approximate surface area is 137 Å². The summed E-state index contributed by atoms with van der Waals surface area (Å²) in [5.41, 5.74) is 1.15. The third-order valence-electron chi connectivity index (χ3n) is 3.64. The lowest BCUT2D eigenvalue weighted by atomic mass is 9.99. The summed E-state index contributed by atoms with van der Waals surface area (Å²) >= 11 is 0. The van der Waals surface area contributed by atoms with Crippen LogP contribution in [-0.4, -0.2) is 31.5 Å². The zero-order chi connectivity index (χ0) is 16.7. The Morgan fingerprint density at radius 1 is 1.09 bits per heavy atom. The lowest BCUT2D eigenvalue weighted by molar-refractivity contribution is 0.582. The van der Waals surface area contributed by atoms with E-state index in [1.165, 1.54) is 0 Å². The molecule has 2 rings (SSSR count). The van der Waals surface area contributed by atoms with Crippen molar-refractivity contribution < 1.29 is 8.42 Å². The molecule has 7 heteroatoms. The van der Waals surface area contributed by atoms with Crippen LogP contribution < -0.4 is 10.0 Å². The van der Waals surface area contributed by atoms with Gasteiger partial charge in [0.25, 0.3) is 0 Å². The number of sulfonamides is 1. The molecule has 0 aliphatic heterocycles. The third kappa shape index (κ3) is 5.01. The molecule has 2 N–H and O–H groups in total. The zero-order valence-electron chi connectivity index (χ0n) is 13.4. The maximum atomic E-state index is 12.2. The van der Waals surface area contributed by atoms with Crippen LogP contribution >= 0.6 is 0 Å². The highest BCUT2D eigenvalue weighted by molar-refractivity contribution is 7.89. The van der Waals surface area contributed by atoms with E-state index in [1.54, 1.807) is 30.6 Å². The summed E-state index contributed by atoms with van der Waals surface area (Å²) in [6, 6.07) is 8.77. The fraction of sp³-hybridized carbons (Fsp3) is 0.375. The molecule has 0 spiro atoms. The second-order valence-corrected chi connectivity index (χ2v) is 7.04. The molecule has 1 aromatic carbocycles. The van der Waals surface area contributed by atoms with Gasteiger partial charge in [-0.1, -0.05) is 26.0 Å². The molecule has 6 nitrogen and oxygen atoms in total. The molecule has 0 saturated carbocycles. The van der Waals surface area contributed by atoms with Gasteiger partial charge in [-0.2, -0.15) is 0 Å². The first-order valence-electron chi connectivity index (χ1n) is 7.63. The molecule has 0 amide bonds. The van der Waals surface area contributed by atoms with E-state index in [0.717, 1.165) is 12.0 Å². The van der Waals surface area contributed by atoms with Gasteiger partial charge in [-0.05, 0) is 36.1 Å². The quantitative estimate of drug-likeness (QED) is 0.724. The Balaban J connectivity index is 1.88. The average molecular weight is 334 g/mol. The minimum absolute atomic E-state index is 0.258. The first-order chi connectivity index (χ1) is 11.0. The minimum atomic E-state index is -3.49. The van der Waals surface area contributed by atoms with Crippen LogP contribution in [0.2, 0.25) is 0 Å². The summed E-state index contributed by atoms with van der Waals surface area (Å²) in [4.78, 5) is 8.29. The summed E-state index contributed by atoms with van der Waals surface area (Å²) < 4.78 is 27.0. The Morgan fingerprint density at radius 2 is 1.74 bits per heavy atom. The van der Waals surface area contributed by atoms with Crippen molar-refractivity contribution in [2.75, 3.05) is 18.4 Å². The van der Waals surface area contributed by atoms with Gasteiger partial charge >= 0.3 is 0 Å². The fourth-order valence-electron chi connectivity index (χ4n) is 2.04. The van der Waals surface area contributed by atoms with E-state index in [2.05, 4.69) is 33.9 Å². The van der Waals surface area contributed by atoms with Crippen LogP contribution in [0.3, 0.4) is 0 Å². The molecule has 0 aliphatic carbocycles. The highest BCUT2D eigenvalue weighted by atomic mass is 32.2. The van der Waals surface area contributed by atoms with E-state index in [4.69, 9.17) is 0 Å². The van der Waals surface area contributed by atoms with Crippen molar-refractivity contribution >= 4 is 16.0 Å². The van der Waals surface area contributed by atoms with Crippen LogP contribution in [0.15, 0.2) is 47.6 Å². The fourth-order valence-corrected chi connectivity index (χ4v) is 3.08. The number of nitrogens with one attached hydrogen (secondary N) is 2. The van der Waals surface area contributed by atoms with Gasteiger partial charge in [-0.25, -0.2) is 23.1 Å². The van der Waals surface area contributed by atoms with Crippen molar-refractivity contribution in [2.45, 2.75) is 31.1 Å². The number of hydrogen-bond donors (Lipinski definition) is 2. The van der Waals surface area contributed by atoms with E-state index in [-0.39, 0.29) is 11.4 Å². The zero-order valence-corrected chi connectivity index (χ0v) is 14.2. The van der Waals surface area contributed by atoms with Gasteiger partial charge in [-0.15, -0.1) is 0 Å². The monoisotopic (exact) mass is 334 g/mol. The number of aromatic nitrogens is 2. The number of hydrogen-bond acceptors (Lipinski definition) is 5. The molecule has 23 heavy (non-hydrogen) atoms. The van der Waals surface area contributed by atoms with Gasteiger partial charge in [0.1, 0.15) is 0 Å². The van der Waals surface area contributed by atoms with Crippen molar-refractivity contribution in [2.24, 2.45) is 0 Å². The van der Waals surface area contributed by atoms with Crippen molar-refractivity contribution in [1.29, 1.82) is 0 Å². The second kappa shape index (κ2) is 8.03. The van der Waals surface area contributed by atoms with E-state index >= 15 is 0 Å². The predicted octanol–water partition coefficient (Wildman–Crippen LogP) is 2.38. The summed E-state index contributed by atoms with van der Waals surface area (Å²) in [7, 11) is -3.49. The molecule has 0 bridgehead atoms. The van der Waals surface area contributed by atoms with Gasteiger partial charge in [0.05, 0.1) is 4.90 Å². The van der Waals surface area contributed by atoms with E-state index in [9.17, 15) is 8.42 Å². The summed E-state index contributed by atoms with van der Waals surface area (Å²) in [6.45, 7) is 4.90. The maximum absolute atomic E-state index is 12.2. The Bertz CT molecular complexity index is 703. The van der Waals surface area contributed by atoms with Crippen molar-refractivity contribution in [1.82, 2.24) is 14.7 Å². The van der Waals surface area contributed by atoms with Gasteiger partial charge < -0.3 is 5.32 Å². The topological polar surface area (TPSA) is 84.0 Å². The Kier molecular flexibility index (Phi) is 6.06. The largest absolute Gasteiger partial charge is 0.353 e. The number of nitrogens with zero attached hydrogens (tertiary/aromatic N) is 2. The smallest absolute Gasteiger partial charge is 0.240 e. The SMILES string of the molecule is CCC(C)c1ccc(S(=O)(=O)NCCNc2ncccn2)cc1. The van der Waals surface area contributed by atoms with Crippen LogP contribution in [0.4, 0.5) is 5.95 Å². The molecule has 1 atom stereocenters. The molecular weight excluding hydrogens is 312 g/mol.